The fourth-order valence-corrected chi connectivity index (χ4v) is 10.1. The lowest BCUT2D eigenvalue weighted by atomic mass is 9.98. The van der Waals surface area contributed by atoms with Crippen LogP contribution in [0.3, 0.4) is 0 Å². The molecule has 0 saturated carbocycles. The predicted molar refractivity (Wildman–Crippen MR) is 363 cm³/mol. The van der Waals surface area contributed by atoms with Crippen molar-refractivity contribution in [3.05, 3.63) is 317 Å². The van der Waals surface area contributed by atoms with Crippen LogP contribution in [0.2, 0.25) is 5.02 Å². The Hall–Kier alpha value is -11.6. The minimum absolute atomic E-state index is 0.234. The average molecular weight is 1250 g/mol. The molecule has 6 heterocycles. The number of rotatable bonds is 14. The van der Waals surface area contributed by atoms with Gasteiger partial charge in [0.2, 0.25) is 0 Å². The van der Waals surface area contributed by atoms with E-state index in [9.17, 15) is 35.2 Å². The number of nitrogens with two attached hydrogens (primary N) is 1. The zero-order chi connectivity index (χ0) is 65.4. The standard InChI is InChI=1S/C23H20N2O2.C20H18ClNO3.C15H13N3O2.C15H17N3O2/c1-2-16-5-3-6-19(13-16)18-10-8-17(9-11-18)14-20-15-22(26)25(27)23-21(20)7-4-12-24-23;1-14-11-15(2)22(23)17(12-14)13-24-18-7-9-20(10-8-18)25-19-5-3-16(21)4-6-19;19-14-9-13(17-10-11-5-2-1-3-6-11)12-7-4-8-16-15(12)18(14)20;1-9-8-10(2)18(20)15(19)14(9)11(3)17-13-7-5-4-6-12(13)16/h3-13,15,27H,2,14H2,1H3;3-12,23H,2,13H2,1H3;1-9,17,20H,10H2;4-8,17,20H,2,16H2,1,3H3. The molecule has 1 aliphatic heterocycles. The maximum Gasteiger partial charge on any atom is 0.292 e. The number of hydrogen-bond acceptors (Lipinski definition) is 15. The molecule has 8 N–H and O–H groups in total. The van der Waals surface area contributed by atoms with Crippen LogP contribution in [-0.2, 0) is 19.4 Å². The molecule has 0 fully saturated rings. The van der Waals surface area contributed by atoms with Crippen LogP contribution < -0.4 is 53.1 Å². The van der Waals surface area contributed by atoms with Crippen molar-refractivity contribution >= 4 is 63.0 Å². The largest absolute Gasteiger partial charge is 0.487 e. The zero-order valence-corrected chi connectivity index (χ0v) is 51.8. The van der Waals surface area contributed by atoms with Gasteiger partial charge in [0.1, 0.15) is 23.9 Å². The maximum atomic E-state index is 12.1. The van der Waals surface area contributed by atoms with E-state index in [1.807, 2.05) is 97.9 Å². The molecule has 0 amide bonds. The molecule has 0 bridgehead atoms. The van der Waals surface area contributed by atoms with Gasteiger partial charge in [-0.15, -0.1) is 14.2 Å². The third-order valence-electron chi connectivity index (χ3n) is 14.6. The van der Waals surface area contributed by atoms with Gasteiger partial charge in [-0.3, -0.25) is 19.6 Å². The number of nitrogen functional groups attached to an aromatic ring is 1. The summed E-state index contributed by atoms with van der Waals surface area (Å²) in [4.78, 5) is 44.0. The Bertz CT molecular complexity index is 4820. The monoisotopic (exact) mass is 1250 g/mol. The van der Waals surface area contributed by atoms with Gasteiger partial charge < -0.3 is 41.5 Å². The topological polar surface area (TPSA) is 244 Å². The van der Waals surface area contributed by atoms with E-state index in [1.54, 1.807) is 74.7 Å². The number of allylic oxidation sites excluding steroid dienone is 3. The molecule has 0 radical (unpaired) electrons. The molecule has 0 aliphatic carbocycles. The van der Waals surface area contributed by atoms with Crippen LogP contribution in [0.5, 0.6) is 17.2 Å². The Kier molecular flexibility index (Phi) is 21.2. The quantitative estimate of drug-likeness (QED) is 0.0395. The highest BCUT2D eigenvalue weighted by molar-refractivity contribution is 6.30. The summed E-state index contributed by atoms with van der Waals surface area (Å²) in [7, 11) is 0. The first kappa shape index (κ1) is 64.9. The predicted octanol–water partition coefficient (Wildman–Crippen LogP) is 12.9. The third-order valence-corrected chi connectivity index (χ3v) is 14.9. The average Bonchev–Trinajstić information content (AvgIpc) is 0.977. The second-order valence-corrected chi connectivity index (χ2v) is 21.8. The van der Waals surface area contributed by atoms with Gasteiger partial charge in [0, 0.05) is 52.6 Å². The number of benzene rings is 6. The van der Waals surface area contributed by atoms with Crippen LogP contribution in [-0.4, -0.2) is 56.7 Å². The number of anilines is 3. The van der Waals surface area contributed by atoms with E-state index in [1.165, 1.54) is 35.0 Å². The molecule has 0 atom stereocenters. The summed E-state index contributed by atoms with van der Waals surface area (Å²) in [6, 6.07) is 60.3. The van der Waals surface area contributed by atoms with Crippen molar-refractivity contribution in [3.8, 4) is 28.4 Å². The molecular formula is C73H68ClN9O9. The molecule has 0 saturated heterocycles. The van der Waals surface area contributed by atoms with Crippen molar-refractivity contribution in [1.29, 1.82) is 0 Å². The number of halogens is 1. The summed E-state index contributed by atoms with van der Waals surface area (Å²) in [6.07, 6.45) is 8.38. The van der Waals surface area contributed by atoms with Crippen LogP contribution >= 0.6 is 11.6 Å². The second-order valence-electron chi connectivity index (χ2n) is 21.3. The van der Waals surface area contributed by atoms with Crippen LogP contribution in [0.25, 0.3) is 45.5 Å². The van der Waals surface area contributed by atoms with E-state index >= 15 is 0 Å². The zero-order valence-electron chi connectivity index (χ0n) is 51.0. The summed E-state index contributed by atoms with van der Waals surface area (Å²) in [6.45, 7) is 15.9. The highest BCUT2D eigenvalue weighted by Crippen LogP contribution is 2.28. The van der Waals surface area contributed by atoms with E-state index < -0.39 is 16.7 Å². The lowest BCUT2D eigenvalue weighted by Crippen LogP contribution is -2.44. The number of pyridine rings is 5. The number of aryl methyl sites for hydroxylation is 2. The van der Waals surface area contributed by atoms with E-state index in [4.69, 9.17) is 26.8 Å². The molecule has 5 aromatic heterocycles. The van der Waals surface area contributed by atoms with Crippen molar-refractivity contribution in [1.82, 2.24) is 29.2 Å². The maximum absolute atomic E-state index is 12.1. The summed E-state index contributed by atoms with van der Waals surface area (Å²) in [5.41, 5.74) is 17.2. The highest BCUT2D eigenvalue weighted by atomic mass is 35.5. The van der Waals surface area contributed by atoms with E-state index in [0.717, 1.165) is 44.7 Å². The van der Waals surface area contributed by atoms with Gasteiger partial charge in [0.15, 0.2) is 11.3 Å². The van der Waals surface area contributed by atoms with E-state index in [0.29, 0.717) is 94.2 Å². The molecule has 18 nitrogen and oxygen atoms in total. The SMILES string of the molecule is C=C1C=C(C)C=C(COc2ccc(Oc3ccc(Cl)cc3)cc2)N1O.C=c1cc(C)c(=C(C)Nc2ccccc2N)c(=O)n1O.CCc1cccc(-c2ccc(Cc3cc(=O)n(O)c4ncccc34)cc2)c1.O=c1cc(NCc2ccccc2)c2cccnc2n1O. The van der Waals surface area contributed by atoms with Gasteiger partial charge in [-0.25, -0.2) is 15.0 Å². The molecule has 6 aromatic carbocycles. The lowest BCUT2D eigenvalue weighted by Gasteiger charge is -2.24. The molecule has 19 heteroatoms. The van der Waals surface area contributed by atoms with Gasteiger partial charge in [0.05, 0.1) is 39.0 Å². The number of hydroxylamine groups is 2. The second kappa shape index (κ2) is 30.1. The normalized spacial score (nSPS) is 12.0. The van der Waals surface area contributed by atoms with E-state index in [2.05, 4.69) is 89.2 Å². The molecule has 92 heavy (non-hydrogen) atoms. The summed E-state index contributed by atoms with van der Waals surface area (Å²) in [5.74, 6) is 2.08. The van der Waals surface area contributed by atoms with Gasteiger partial charge in [-0.1, -0.05) is 123 Å². The van der Waals surface area contributed by atoms with Crippen molar-refractivity contribution in [2.45, 2.75) is 47.1 Å². The third kappa shape index (κ3) is 16.4. The van der Waals surface area contributed by atoms with Gasteiger partial charge in [0.25, 0.3) is 16.7 Å². The van der Waals surface area contributed by atoms with Crippen molar-refractivity contribution in [2.75, 3.05) is 23.0 Å². The molecule has 0 spiro atoms. The summed E-state index contributed by atoms with van der Waals surface area (Å²) in [5, 5.41) is 49.3. The Morgan fingerprint density at radius 2 is 1.22 bits per heavy atom. The summed E-state index contributed by atoms with van der Waals surface area (Å²) < 4.78 is 13.2. The molecule has 0 unspecified atom stereocenters. The lowest BCUT2D eigenvalue weighted by molar-refractivity contribution is -0.0239. The Morgan fingerprint density at radius 3 is 1.89 bits per heavy atom. The van der Waals surface area contributed by atoms with Crippen LogP contribution in [0.15, 0.2) is 257 Å². The molecule has 12 rings (SSSR count). The van der Waals surface area contributed by atoms with Gasteiger partial charge in [-0.05, 0) is 181 Å². The van der Waals surface area contributed by atoms with Crippen LogP contribution in [0.4, 0.5) is 17.1 Å². The number of para-hydroxylation sites is 2. The van der Waals surface area contributed by atoms with Crippen molar-refractivity contribution in [3.63, 3.8) is 0 Å². The smallest absolute Gasteiger partial charge is 0.292 e. The number of ether oxygens (including phenoxy) is 2. The molecular weight excluding hydrogens is 1180 g/mol. The Balaban J connectivity index is 0.000000146. The van der Waals surface area contributed by atoms with Crippen molar-refractivity contribution in [2.24, 2.45) is 0 Å². The van der Waals surface area contributed by atoms with Gasteiger partial charge >= 0.3 is 0 Å². The minimum atomic E-state index is -0.508. The van der Waals surface area contributed by atoms with Gasteiger partial charge in [-0.2, -0.15) is 0 Å². The Labute approximate surface area is 535 Å². The van der Waals surface area contributed by atoms with Crippen LogP contribution in [0, 0.1) is 6.92 Å². The fourth-order valence-electron chi connectivity index (χ4n) is 9.94. The number of nitrogens with one attached hydrogen (secondary N) is 2. The number of nitrogens with zero attached hydrogens (tertiary/aromatic N) is 6. The number of aromatic nitrogens is 5. The first-order valence-corrected chi connectivity index (χ1v) is 29.5. The first-order valence-electron chi connectivity index (χ1n) is 29.2. The van der Waals surface area contributed by atoms with Crippen LogP contribution in [0.1, 0.15) is 48.6 Å². The molecule has 466 valence electrons. The van der Waals surface area contributed by atoms with Crippen molar-refractivity contribution < 1.29 is 30.3 Å². The number of fused-ring (bicyclic) bond motifs is 2. The minimum Gasteiger partial charge on any atom is -0.487 e. The fraction of sp³-hybridized carbons (Fsp3) is 0.110. The highest BCUT2D eigenvalue weighted by Gasteiger charge is 2.16. The summed E-state index contributed by atoms with van der Waals surface area (Å²) >= 11 is 5.86. The van der Waals surface area contributed by atoms with E-state index in [-0.39, 0.29) is 23.3 Å². The molecule has 11 aromatic rings. The number of hydrogen-bond donors (Lipinski definition) is 7. The molecule has 1 aliphatic rings. The Morgan fingerprint density at radius 1 is 0.609 bits per heavy atom. The first-order chi connectivity index (χ1) is 44.3.